The molecule has 2 saturated heterocycles. The van der Waals surface area contributed by atoms with Gasteiger partial charge in [0.2, 0.25) is 5.91 Å². The van der Waals surface area contributed by atoms with E-state index < -0.39 is 12.0 Å². The summed E-state index contributed by atoms with van der Waals surface area (Å²) in [5.41, 5.74) is 0. The Bertz CT molecular complexity index is 398. The molecule has 19 heavy (non-hydrogen) atoms. The minimum absolute atomic E-state index is 0.0512. The van der Waals surface area contributed by atoms with Crippen molar-refractivity contribution in [1.29, 1.82) is 0 Å². The second-order valence-electron chi connectivity index (χ2n) is 5.09. The average Bonchev–Trinajstić information content (AvgIpc) is 2.92. The van der Waals surface area contributed by atoms with Crippen LogP contribution in [0.5, 0.6) is 0 Å². The molecule has 2 bridgehead atoms. The molecule has 0 aliphatic carbocycles. The molecule has 2 heterocycles. The summed E-state index contributed by atoms with van der Waals surface area (Å²) in [6, 6.07) is -0.188. The standard InChI is InChI=1S/C12H19N3O4/c1-13-12(19)14-10(16)4-5-15-7-2-3-9(15)8(6-7)11(17)18/h7-9H,2-6H2,1H3,(H,17,18)(H2,13,14,16,19). The number of carbonyl (C=O) groups is 3. The van der Waals surface area contributed by atoms with Gasteiger partial charge in [-0.15, -0.1) is 0 Å². The van der Waals surface area contributed by atoms with Gasteiger partial charge in [0.05, 0.1) is 5.92 Å². The summed E-state index contributed by atoms with van der Waals surface area (Å²) in [5, 5.41) is 13.6. The van der Waals surface area contributed by atoms with Gasteiger partial charge in [-0.3, -0.25) is 19.8 Å². The Balaban J connectivity index is 1.83. The monoisotopic (exact) mass is 269 g/mol. The van der Waals surface area contributed by atoms with E-state index in [1.165, 1.54) is 7.05 Å². The Labute approximate surface area is 111 Å². The molecule has 106 valence electrons. The maximum absolute atomic E-state index is 11.5. The van der Waals surface area contributed by atoms with Gasteiger partial charge in [0.1, 0.15) is 0 Å². The van der Waals surface area contributed by atoms with E-state index in [0.717, 1.165) is 12.8 Å². The van der Waals surface area contributed by atoms with Gasteiger partial charge in [0.15, 0.2) is 0 Å². The molecular formula is C12H19N3O4. The minimum Gasteiger partial charge on any atom is -0.481 e. The number of hydrogen-bond donors (Lipinski definition) is 3. The molecule has 0 aromatic heterocycles. The molecular weight excluding hydrogens is 250 g/mol. The third-order valence-corrected chi connectivity index (χ3v) is 4.08. The Kier molecular flexibility index (Phi) is 4.04. The SMILES string of the molecule is CNC(=O)NC(=O)CCN1C2CCC1C(C(=O)O)C2. The summed E-state index contributed by atoms with van der Waals surface area (Å²) in [7, 11) is 1.45. The highest BCUT2D eigenvalue weighted by atomic mass is 16.4. The number of fused-ring (bicyclic) bond motifs is 2. The van der Waals surface area contributed by atoms with Gasteiger partial charge in [0, 0.05) is 32.1 Å². The maximum atomic E-state index is 11.5. The van der Waals surface area contributed by atoms with Crippen LogP contribution in [-0.4, -0.2) is 53.6 Å². The fraction of sp³-hybridized carbons (Fsp3) is 0.750. The number of imide groups is 1. The molecule has 2 rings (SSSR count). The van der Waals surface area contributed by atoms with Crippen LogP contribution in [0, 0.1) is 5.92 Å². The van der Waals surface area contributed by atoms with Gasteiger partial charge < -0.3 is 10.4 Å². The van der Waals surface area contributed by atoms with Gasteiger partial charge in [-0.2, -0.15) is 0 Å². The van der Waals surface area contributed by atoms with E-state index in [-0.39, 0.29) is 30.3 Å². The van der Waals surface area contributed by atoms with E-state index in [1.807, 2.05) is 0 Å². The van der Waals surface area contributed by atoms with Crippen molar-refractivity contribution in [2.45, 2.75) is 37.8 Å². The number of nitrogens with zero attached hydrogens (tertiary/aromatic N) is 1. The first-order chi connectivity index (χ1) is 9.02. The first-order valence-corrected chi connectivity index (χ1v) is 6.53. The number of hydrogen-bond acceptors (Lipinski definition) is 4. The molecule has 2 aliphatic rings. The van der Waals surface area contributed by atoms with E-state index in [1.54, 1.807) is 0 Å². The molecule has 3 N–H and O–H groups in total. The minimum atomic E-state index is -0.744. The van der Waals surface area contributed by atoms with Crippen LogP contribution in [-0.2, 0) is 9.59 Å². The molecule has 2 fully saturated rings. The van der Waals surface area contributed by atoms with E-state index in [0.29, 0.717) is 13.0 Å². The zero-order valence-corrected chi connectivity index (χ0v) is 10.9. The summed E-state index contributed by atoms with van der Waals surface area (Å²) < 4.78 is 0. The van der Waals surface area contributed by atoms with Crippen LogP contribution in [0.15, 0.2) is 0 Å². The fourth-order valence-electron chi connectivity index (χ4n) is 3.20. The van der Waals surface area contributed by atoms with E-state index in [2.05, 4.69) is 15.5 Å². The van der Waals surface area contributed by atoms with Crippen molar-refractivity contribution in [3.05, 3.63) is 0 Å². The van der Waals surface area contributed by atoms with Gasteiger partial charge in [-0.1, -0.05) is 0 Å². The third-order valence-electron chi connectivity index (χ3n) is 4.08. The second-order valence-corrected chi connectivity index (χ2v) is 5.09. The summed E-state index contributed by atoms with van der Waals surface area (Å²) in [6.45, 7) is 0.516. The van der Waals surface area contributed by atoms with E-state index in [9.17, 15) is 14.4 Å². The summed E-state index contributed by atoms with van der Waals surface area (Å²) in [6.07, 6.45) is 2.79. The van der Waals surface area contributed by atoms with Crippen LogP contribution >= 0.6 is 0 Å². The number of carboxylic acid groups (broad SMARTS) is 1. The zero-order chi connectivity index (χ0) is 14.0. The van der Waals surface area contributed by atoms with Gasteiger partial charge in [-0.05, 0) is 19.3 Å². The van der Waals surface area contributed by atoms with Crippen LogP contribution in [0.2, 0.25) is 0 Å². The molecule has 0 saturated carbocycles. The molecule has 3 atom stereocenters. The first-order valence-electron chi connectivity index (χ1n) is 6.53. The van der Waals surface area contributed by atoms with Crippen molar-refractivity contribution in [3.8, 4) is 0 Å². The van der Waals surface area contributed by atoms with Crippen molar-refractivity contribution in [3.63, 3.8) is 0 Å². The number of carboxylic acids is 1. The molecule has 7 heteroatoms. The molecule has 3 unspecified atom stereocenters. The number of carbonyl (C=O) groups excluding carboxylic acids is 2. The van der Waals surface area contributed by atoms with E-state index in [4.69, 9.17) is 5.11 Å². The van der Waals surface area contributed by atoms with Crippen LogP contribution in [0.3, 0.4) is 0 Å². The lowest BCUT2D eigenvalue weighted by molar-refractivity contribution is -0.142. The van der Waals surface area contributed by atoms with Crippen molar-refractivity contribution in [2.24, 2.45) is 5.92 Å². The number of urea groups is 1. The fourth-order valence-corrected chi connectivity index (χ4v) is 3.20. The average molecular weight is 269 g/mol. The Morgan fingerprint density at radius 2 is 2.05 bits per heavy atom. The predicted octanol–water partition coefficient (Wildman–Crippen LogP) is -0.230. The second kappa shape index (κ2) is 5.56. The van der Waals surface area contributed by atoms with Crippen LogP contribution < -0.4 is 10.6 Å². The Hall–Kier alpha value is -1.63. The Morgan fingerprint density at radius 3 is 2.63 bits per heavy atom. The first kappa shape index (κ1) is 13.8. The molecule has 0 radical (unpaired) electrons. The summed E-state index contributed by atoms with van der Waals surface area (Å²) in [5.74, 6) is -1.38. The number of nitrogens with one attached hydrogen (secondary N) is 2. The maximum Gasteiger partial charge on any atom is 0.321 e. The number of rotatable bonds is 4. The third kappa shape index (κ3) is 2.86. The smallest absolute Gasteiger partial charge is 0.321 e. The molecule has 0 spiro atoms. The highest BCUT2D eigenvalue weighted by Gasteiger charge is 2.48. The molecule has 7 nitrogen and oxygen atoms in total. The van der Waals surface area contributed by atoms with Crippen LogP contribution in [0.4, 0.5) is 4.79 Å². The number of amides is 3. The van der Waals surface area contributed by atoms with Crippen molar-refractivity contribution >= 4 is 17.9 Å². The van der Waals surface area contributed by atoms with Gasteiger partial charge in [-0.25, -0.2) is 4.79 Å². The van der Waals surface area contributed by atoms with Crippen molar-refractivity contribution in [1.82, 2.24) is 15.5 Å². The van der Waals surface area contributed by atoms with Gasteiger partial charge in [0.25, 0.3) is 0 Å². The van der Waals surface area contributed by atoms with E-state index >= 15 is 0 Å². The largest absolute Gasteiger partial charge is 0.481 e. The molecule has 2 aliphatic heterocycles. The molecule has 0 aromatic carbocycles. The summed E-state index contributed by atoms with van der Waals surface area (Å²) >= 11 is 0. The topological polar surface area (TPSA) is 98.7 Å². The highest BCUT2D eigenvalue weighted by molar-refractivity contribution is 5.94. The molecule has 0 aromatic rings. The predicted molar refractivity (Wildman–Crippen MR) is 66.5 cm³/mol. The Morgan fingerprint density at radius 1 is 1.32 bits per heavy atom. The number of aliphatic carboxylic acids is 1. The quantitative estimate of drug-likeness (QED) is 0.655. The lowest BCUT2D eigenvalue weighted by Gasteiger charge is -2.22. The zero-order valence-electron chi connectivity index (χ0n) is 10.9. The summed E-state index contributed by atoms with van der Waals surface area (Å²) in [4.78, 5) is 35.7. The lowest BCUT2D eigenvalue weighted by Crippen LogP contribution is -2.40. The molecule has 3 amide bonds. The highest BCUT2D eigenvalue weighted by Crippen LogP contribution is 2.41. The normalized spacial score (nSPS) is 29.2. The van der Waals surface area contributed by atoms with Gasteiger partial charge >= 0.3 is 12.0 Å². The lowest BCUT2D eigenvalue weighted by atomic mass is 9.89. The van der Waals surface area contributed by atoms with Crippen molar-refractivity contribution in [2.75, 3.05) is 13.6 Å². The van der Waals surface area contributed by atoms with Crippen molar-refractivity contribution < 1.29 is 19.5 Å². The van der Waals surface area contributed by atoms with Crippen LogP contribution in [0.1, 0.15) is 25.7 Å². The van der Waals surface area contributed by atoms with Crippen LogP contribution in [0.25, 0.3) is 0 Å².